The Morgan fingerprint density at radius 2 is 2.33 bits per heavy atom. The Morgan fingerprint density at radius 1 is 1.53 bits per heavy atom. The van der Waals surface area contributed by atoms with E-state index >= 15 is 0 Å². The van der Waals surface area contributed by atoms with Gasteiger partial charge in [-0.15, -0.1) is 0 Å². The lowest BCUT2D eigenvalue weighted by Crippen LogP contribution is -2.07. The third-order valence-corrected chi connectivity index (χ3v) is 2.35. The zero-order valence-electron chi connectivity index (χ0n) is 8.90. The van der Waals surface area contributed by atoms with Gasteiger partial charge in [-0.25, -0.2) is 9.97 Å². The largest absolute Gasteiger partial charge is 0.309 e. The van der Waals surface area contributed by atoms with Gasteiger partial charge in [0.2, 0.25) is 0 Å². The van der Waals surface area contributed by atoms with Crippen LogP contribution in [0.4, 0.5) is 0 Å². The van der Waals surface area contributed by atoms with Crippen LogP contribution in [-0.2, 0) is 7.05 Å². The number of imidazole rings is 1. The van der Waals surface area contributed by atoms with Crippen molar-refractivity contribution in [3.8, 4) is 0 Å². The molecule has 0 aromatic carbocycles. The van der Waals surface area contributed by atoms with Crippen LogP contribution < -0.4 is 0 Å². The maximum absolute atomic E-state index is 11.7. The number of nitrogens with zero attached hydrogens (tertiary/aromatic N) is 3. The van der Waals surface area contributed by atoms with Gasteiger partial charge in [-0.3, -0.25) is 4.79 Å². The number of aromatic nitrogens is 3. The summed E-state index contributed by atoms with van der Waals surface area (Å²) >= 11 is 0. The first kappa shape index (κ1) is 9.83. The molecule has 0 aliphatic heterocycles. The second kappa shape index (κ2) is 3.81. The van der Waals surface area contributed by atoms with E-state index in [-0.39, 0.29) is 5.78 Å². The average molecular weight is 203 g/mol. The van der Waals surface area contributed by atoms with Crippen molar-refractivity contribution in [2.45, 2.75) is 19.8 Å². The van der Waals surface area contributed by atoms with Crippen LogP contribution in [0.5, 0.6) is 0 Å². The number of rotatable bonds is 3. The zero-order chi connectivity index (χ0) is 10.8. The molecule has 0 radical (unpaired) electrons. The van der Waals surface area contributed by atoms with Gasteiger partial charge in [0.25, 0.3) is 0 Å². The Hall–Kier alpha value is -1.71. The maximum Gasteiger partial charge on any atom is 0.198 e. The van der Waals surface area contributed by atoms with Gasteiger partial charge in [0.05, 0.1) is 0 Å². The summed E-state index contributed by atoms with van der Waals surface area (Å²) < 4.78 is 1.76. The number of pyridine rings is 1. The number of carbonyl (C=O) groups excluding carboxylic acids is 1. The summed E-state index contributed by atoms with van der Waals surface area (Å²) in [5.41, 5.74) is 1.54. The lowest BCUT2D eigenvalue weighted by Gasteiger charge is -1.98. The molecule has 2 aromatic heterocycles. The molecule has 15 heavy (non-hydrogen) atoms. The summed E-state index contributed by atoms with van der Waals surface area (Å²) in [4.78, 5) is 20.2. The quantitative estimate of drug-likeness (QED) is 0.716. The minimum absolute atomic E-state index is 0.0815. The standard InChI is InChI=1S/C11H13N3O/c1-3-5-9(15)11-13-8-6-4-7-12-10(8)14(11)2/h4,6-7H,3,5H2,1-2H3. The molecule has 78 valence electrons. The van der Waals surface area contributed by atoms with Crippen LogP contribution in [0.3, 0.4) is 0 Å². The molecule has 0 saturated heterocycles. The van der Waals surface area contributed by atoms with Crippen molar-refractivity contribution in [3.05, 3.63) is 24.2 Å². The molecular weight excluding hydrogens is 190 g/mol. The van der Waals surface area contributed by atoms with Crippen molar-refractivity contribution in [1.82, 2.24) is 14.5 Å². The van der Waals surface area contributed by atoms with Crippen LogP contribution >= 0.6 is 0 Å². The summed E-state index contributed by atoms with van der Waals surface area (Å²) in [6.45, 7) is 1.98. The number of hydrogen-bond acceptors (Lipinski definition) is 3. The molecular formula is C11H13N3O. The second-order valence-corrected chi connectivity index (χ2v) is 3.51. The number of carbonyl (C=O) groups is 1. The Morgan fingerprint density at radius 3 is 3.00 bits per heavy atom. The van der Waals surface area contributed by atoms with E-state index in [0.717, 1.165) is 17.6 Å². The molecule has 0 aliphatic carbocycles. The molecule has 4 nitrogen and oxygen atoms in total. The van der Waals surface area contributed by atoms with E-state index in [9.17, 15) is 4.79 Å². The molecule has 2 aromatic rings. The van der Waals surface area contributed by atoms with Gasteiger partial charge in [-0.1, -0.05) is 6.92 Å². The Labute approximate surface area is 88.0 Å². The lowest BCUT2D eigenvalue weighted by atomic mass is 10.2. The monoisotopic (exact) mass is 203 g/mol. The minimum atomic E-state index is 0.0815. The van der Waals surface area contributed by atoms with E-state index < -0.39 is 0 Å². The third-order valence-electron chi connectivity index (χ3n) is 2.35. The molecule has 0 N–H and O–H groups in total. The van der Waals surface area contributed by atoms with E-state index in [0.29, 0.717) is 12.2 Å². The summed E-state index contributed by atoms with van der Waals surface area (Å²) in [6.07, 6.45) is 3.09. The topological polar surface area (TPSA) is 47.8 Å². The number of aryl methyl sites for hydroxylation is 1. The molecule has 0 bridgehead atoms. The SMILES string of the molecule is CCCC(=O)c1nc2cccnc2n1C. The molecule has 0 amide bonds. The minimum Gasteiger partial charge on any atom is -0.309 e. The van der Waals surface area contributed by atoms with Crippen molar-refractivity contribution < 1.29 is 4.79 Å². The second-order valence-electron chi connectivity index (χ2n) is 3.51. The predicted octanol–water partition coefficient (Wildman–Crippen LogP) is 1.95. The first-order valence-corrected chi connectivity index (χ1v) is 5.04. The van der Waals surface area contributed by atoms with E-state index in [1.807, 2.05) is 26.1 Å². The van der Waals surface area contributed by atoms with Gasteiger partial charge in [0.15, 0.2) is 17.3 Å². The summed E-state index contributed by atoms with van der Waals surface area (Å²) in [5, 5.41) is 0. The normalized spacial score (nSPS) is 10.8. The molecule has 0 fully saturated rings. The number of Topliss-reactive ketones (excluding diaryl/α,β-unsaturated/α-hetero) is 1. The van der Waals surface area contributed by atoms with Crippen LogP contribution in [0.15, 0.2) is 18.3 Å². The summed E-state index contributed by atoms with van der Waals surface area (Å²) in [5.74, 6) is 0.587. The molecule has 0 saturated carbocycles. The highest BCUT2D eigenvalue weighted by Gasteiger charge is 2.14. The Bertz CT molecular complexity index is 502. The summed E-state index contributed by atoms with van der Waals surface area (Å²) in [7, 11) is 1.82. The van der Waals surface area contributed by atoms with Crippen molar-refractivity contribution in [2.24, 2.45) is 7.05 Å². The number of ketones is 1. The lowest BCUT2D eigenvalue weighted by molar-refractivity contribution is 0.0969. The molecule has 4 heteroatoms. The molecule has 2 heterocycles. The molecule has 2 rings (SSSR count). The van der Waals surface area contributed by atoms with Crippen molar-refractivity contribution in [2.75, 3.05) is 0 Å². The van der Waals surface area contributed by atoms with Crippen LogP contribution in [-0.4, -0.2) is 20.3 Å². The van der Waals surface area contributed by atoms with E-state index in [2.05, 4.69) is 9.97 Å². The Balaban J connectivity index is 2.53. The highest BCUT2D eigenvalue weighted by Crippen LogP contribution is 2.13. The predicted molar refractivity (Wildman–Crippen MR) is 57.7 cm³/mol. The third kappa shape index (κ3) is 1.63. The van der Waals surface area contributed by atoms with Gasteiger partial charge in [-0.05, 0) is 18.6 Å². The summed E-state index contributed by atoms with van der Waals surface area (Å²) in [6, 6.07) is 3.69. The first-order valence-electron chi connectivity index (χ1n) is 5.04. The maximum atomic E-state index is 11.7. The number of fused-ring (bicyclic) bond motifs is 1. The van der Waals surface area contributed by atoms with Crippen molar-refractivity contribution >= 4 is 16.9 Å². The van der Waals surface area contributed by atoms with E-state index in [1.165, 1.54) is 0 Å². The smallest absolute Gasteiger partial charge is 0.198 e. The average Bonchev–Trinajstić information content (AvgIpc) is 2.57. The van der Waals surface area contributed by atoms with E-state index in [4.69, 9.17) is 0 Å². The molecule has 0 aliphatic rings. The van der Waals surface area contributed by atoms with Gasteiger partial charge in [0, 0.05) is 19.7 Å². The highest BCUT2D eigenvalue weighted by molar-refractivity contribution is 5.95. The molecule has 0 spiro atoms. The van der Waals surface area contributed by atoms with Crippen LogP contribution in [0.25, 0.3) is 11.2 Å². The van der Waals surface area contributed by atoms with Gasteiger partial charge in [-0.2, -0.15) is 0 Å². The Kier molecular flexibility index (Phi) is 2.49. The van der Waals surface area contributed by atoms with Gasteiger partial charge in [0.1, 0.15) is 5.52 Å². The van der Waals surface area contributed by atoms with Gasteiger partial charge >= 0.3 is 0 Å². The van der Waals surface area contributed by atoms with Crippen molar-refractivity contribution in [1.29, 1.82) is 0 Å². The fourth-order valence-electron chi connectivity index (χ4n) is 1.61. The first-order chi connectivity index (χ1) is 7.24. The van der Waals surface area contributed by atoms with Crippen molar-refractivity contribution in [3.63, 3.8) is 0 Å². The fraction of sp³-hybridized carbons (Fsp3) is 0.364. The number of hydrogen-bond donors (Lipinski definition) is 0. The molecule has 0 unspecified atom stereocenters. The van der Waals surface area contributed by atoms with E-state index in [1.54, 1.807) is 10.8 Å². The zero-order valence-corrected chi connectivity index (χ0v) is 8.90. The highest BCUT2D eigenvalue weighted by atomic mass is 16.1. The molecule has 0 atom stereocenters. The van der Waals surface area contributed by atoms with Crippen LogP contribution in [0, 0.1) is 0 Å². The van der Waals surface area contributed by atoms with Gasteiger partial charge < -0.3 is 4.57 Å². The van der Waals surface area contributed by atoms with Crippen LogP contribution in [0.1, 0.15) is 30.4 Å². The van der Waals surface area contributed by atoms with Crippen LogP contribution in [0.2, 0.25) is 0 Å². The fourth-order valence-corrected chi connectivity index (χ4v) is 1.61.